The van der Waals surface area contributed by atoms with Crippen LogP contribution in [0.15, 0.2) is 24.3 Å². The molecule has 2 N–H and O–H groups in total. The second-order valence-corrected chi connectivity index (χ2v) is 5.71. The smallest absolute Gasteiger partial charge is 0.317 e. The van der Waals surface area contributed by atoms with Gasteiger partial charge in [0.1, 0.15) is 5.75 Å². The number of aliphatic hydroxyl groups excluding tert-OH is 1. The molecule has 2 rings (SSSR count). The van der Waals surface area contributed by atoms with Crippen molar-refractivity contribution >= 4 is 6.03 Å². The highest BCUT2D eigenvalue weighted by molar-refractivity contribution is 5.74. The molecule has 0 aromatic heterocycles. The fourth-order valence-electron chi connectivity index (χ4n) is 2.39. The zero-order chi connectivity index (χ0) is 15.2. The molecule has 21 heavy (non-hydrogen) atoms. The quantitative estimate of drug-likeness (QED) is 0.894. The highest BCUT2D eigenvalue weighted by Crippen LogP contribution is 2.14. The number of carbonyl (C=O) groups is 1. The Bertz CT molecular complexity index is 459. The first kappa shape index (κ1) is 15.6. The number of aliphatic hydroxyl groups is 1. The number of nitrogens with zero attached hydrogens (tertiary/aromatic N) is 1. The molecule has 1 fully saturated rings. The molecule has 1 saturated heterocycles. The molecular formula is C16H24N2O3. The van der Waals surface area contributed by atoms with Crippen molar-refractivity contribution in [1.82, 2.24) is 10.2 Å². The van der Waals surface area contributed by atoms with Crippen LogP contribution in [0.1, 0.15) is 32.3 Å². The van der Waals surface area contributed by atoms with E-state index in [1.807, 2.05) is 38.1 Å². The van der Waals surface area contributed by atoms with Gasteiger partial charge in [0.15, 0.2) is 0 Å². The molecule has 5 nitrogen and oxygen atoms in total. The number of urea groups is 1. The van der Waals surface area contributed by atoms with Gasteiger partial charge in [-0.05, 0) is 44.4 Å². The third-order valence-corrected chi connectivity index (χ3v) is 3.42. The molecule has 1 aromatic rings. The Morgan fingerprint density at radius 1 is 1.43 bits per heavy atom. The van der Waals surface area contributed by atoms with Crippen LogP contribution in [-0.4, -0.2) is 41.3 Å². The normalized spacial score (nSPS) is 18.7. The average Bonchev–Trinajstić information content (AvgIpc) is 2.45. The summed E-state index contributed by atoms with van der Waals surface area (Å²) < 4.78 is 5.58. The Morgan fingerprint density at radius 2 is 2.14 bits per heavy atom. The molecule has 1 unspecified atom stereocenters. The van der Waals surface area contributed by atoms with Gasteiger partial charge >= 0.3 is 6.03 Å². The van der Waals surface area contributed by atoms with Gasteiger partial charge in [-0.25, -0.2) is 4.79 Å². The Morgan fingerprint density at radius 3 is 2.76 bits per heavy atom. The minimum Gasteiger partial charge on any atom is -0.491 e. The monoisotopic (exact) mass is 292 g/mol. The molecule has 1 heterocycles. The van der Waals surface area contributed by atoms with Gasteiger partial charge in [0, 0.05) is 19.6 Å². The zero-order valence-electron chi connectivity index (χ0n) is 12.7. The van der Waals surface area contributed by atoms with Crippen molar-refractivity contribution in [2.45, 2.75) is 45.4 Å². The first-order valence-electron chi connectivity index (χ1n) is 7.51. The van der Waals surface area contributed by atoms with Crippen LogP contribution in [0.25, 0.3) is 0 Å². The van der Waals surface area contributed by atoms with E-state index in [4.69, 9.17) is 4.74 Å². The molecule has 2 amide bonds. The second-order valence-electron chi connectivity index (χ2n) is 5.71. The number of ether oxygens (including phenoxy) is 1. The first-order valence-corrected chi connectivity index (χ1v) is 7.51. The molecular weight excluding hydrogens is 268 g/mol. The van der Waals surface area contributed by atoms with Crippen molar-refractivity contribution in [3.63, 3.8) is 0 Å². The lowest BCUT2D eigenvalue weighted by Crippen LogP contribution is -2.46. The maximum atomic E-state index is 12.0. The SMILES string of the molecule is CC(C)Oc1ccc(CNC(=O)N2CCCC(O)C2)cc1. The van der Waals surface area contributed by atoms with Crippen LogP contribution in [0.3, 0.4) is 0 Å². The summed E-state index contributed by atoms with van der Waals surface area (Å²) in [5, 5.41) is 12.5. The number of carbonyl (C=O) groups excluding carboxylic acids is 1. The standard InChI is InChI=1S/C16H24N2O3/c1-12(2)21-15-7-5-13(6-8-15)10-17-16(20)18-9-3-4-14(19)11-18/h5-8,12,14,19H,3-4,9-11H2,1-2H3,(H,17,20). The van der Waals surface area contributed by atoms with Gasteiger partial charge in [0.25, 0.3) is 0 Å². The van der Waals surface area contributed by atoms with E-state index in [1.54, 1.807) is 4.90 Å². The maximum absolute atomic E-state index is 12.0. The summed E-state index contributed by atoms with van der Waals surface area (Å²) in [6.45, 7) is 5.59. The van der Waals surface area contributed by atoms with Crippen molar-refractivity contribution in [2.75, 3.05) is 13.1 Å². The third kappa shape index (κ3) is 4.93. The summed E-state index contributed by atoms with van der Waals surface area (Å²) in [5.74, 6) is 0.833. The van der Waals surface area contributed by atoms with Crippen LogP contribution in [0, 0.1) is 0 Å². The van der Waals surface area contributed by atoms with Gasteiger partial charge in [-0.1, -0.05) is 12.1 Å². The predicted molar refractivity (Wildman–Crippen MR) is 81.3 cm³/mol. The molecule has 1 aromatic carbocycles. The van der Waals surface area contributed by atoms with Gasteiger partial charge in [0.05, 0.1) is 12.2 Å². The summed E-state index contributed by atoms with van der Waals surface area (Å²) in [5.41, 5.74) is 1.03. The number of likely N-dealkylation sites (tertiary alicyclic amines) is 1. The van der Waals surface area contributed by atoms with Crippen LogP contribution in [0.2, 0.25) is 0 Å². The van der Waals surface area contributed by atoms with E-state index in [1.165, 1.54) is 0 Å². The molecule has 116 valence electrons. The lowest BCUT2D eigenvalue weighted by atomic mass is 10.1. The minimum absolute atomic E-state index is 0.115. The van der Waals surface area contributed by atoms with Gasteiger partial charge in [-0.15, -0.1) is 0 Å². The number of hydrogen-bond donors (Lipinski definition) is 2. The molecule has 1 atom stereocenters. The second kappa shape index (κ2) is 7.31. The first-order chi connectivity index (χ1) is 10.0. The highest BCUT2D eigenvalue weighted by Gasteiger charge is 2.21. The van der Waals surface area contributed by atoms with Crippen LogP contribution in [-0.2, 0) is 6.54 Å². The minimum atomic E-state index is -0.392. The summed E-state index contributed by atoms with van der Waals surface area (Å²) in [7, 11) is 0. The van der Waals surface area contributed by atoms with Crippen molar-refractivity contribution < 1.29 is 14.6 Å². The number of amides is 2. The third-order valence-electron chi connectivity index (χ3n) is 3.42. The van der Waals surface area contributed by atoms with Crippen molar-refractivity contribution in [3.05, 3.63) is 29.8 Å². The molecule has 0 spiro atoms. The van der Waals surface area contributed by atoms with Gasteiger partial charge in [-0.3, -0.25) is 0 Å². The predicted octanol–water partition coefficient (Wildman–Crippen LogP) is 2.14. The maximum Gasteiger partial charge on any atom is 0.317 e. The van der Waals surface area contributed by atoms with E-state index in [9.17, 15) is 9.90 Å². The molecule has 5 heteroatoms. The summed E-state index contributed by atoms with van der Waals surface area (Å²) in [4.78, 5) is 13.7. The van der Waals surface area contributed by atoms with Gasteiger partial charge < -0.3 is 20.1 Å². The summed E-state index contributed by atoms with van der Waals surface area (Å²) >= 11 is 0. The number of piperidine rings is 1. The van der Waals surface area contributed by atoms with Crippen molar-refractivity contribution in [1.29, 1.82) is 0 Å². The lowest BCUT2D eigenvalue weighted by molar-refractivity contribution is 0.0842. The Labute approximate surface area is 125 Å². The van der Waals surface area contributed by atoms with E-state index in [0.29, 0.717) is 19.6 Å². The molecule has 0 saturated carbocycles. The number of benzene rings is 1. The van der Waals surface area contributed by atoms with Crippen LogP contribution < -0.4 is 10.1 Å². The number of nitrogens with one attached hydrogen (secondary N) is 1. The Hall–Kier alpha value is -1.75. The van der Waals surface area contributed by atoms with Crippen LogP contribution in [0.4, 0.5) is 4.79 Å². The average molecular weight is 292 g/mol. The molecule has 0 radical (unpaired) electrons. The number of rotatable bonds is 4. The fourth-order valence-corrected chi connectivity index (χ4v) is 2.39. The van der Waals surface area contributed by atoms with E-state index < -0.39 is 6.10 Å². The summed E-state index contributed by atoms with van der Waals surface area (Å²) in [6.07, 6.45) is 1.40. The number of hydrogen-bond acceptors (Lipinski definition) is 3. The molecule has 1 aliphatic heterocycles. The Kier molecular flexibility index (Phi) is 5.44. The van der Waals surface area contributed by atoms with Gasteiger partial charge in [-0.2, -0.15) is 0 Å². The lowest BCUT2D eigenvalue weighted by Gasteiger charge is -2.30. The van der Waals surface area contributed by atoms with E-state index in [0.717, 1.165) is 24.2 Å². The van der Waals surface area contributed by atoms with Gasteiger partial charge in [0.2, 0.25) is 0 Å². The van der Waals surface area contributed by atoms with Crippen molar-refractivity contribution in [3.8, 4) is 5.75 Å². The molecule has 1 aliphatic rings. The Balaban J connectivity index is 1.80. The molecule has 0 aliphatic carbocycles. The summed E-state index contributed by atoms with van der Waals surface area (Å²) in [6, 6.07) is 7.60. The zero-order valence-corrected chi connectivity index (χ0v) is 12.7. The van der Waals surface area contributed by atoms with Crippen molar-refractivity contribution in [2.24, 2.45) is 0 Å². The fraction of sp³-hybridized carbons (Fsp3) is 0.562. The van der Waals surface area contributed by atoms with Crippen LogP contribution >= 0.6 is 0 Å². The van der Waals surface area contributed by atoms with E-state index in [-0.39, 0.29) is 12.1 Å². The van der Waals surface area contributed by atoms with E-state index >= 15 is 0 Å². The largest absolute Gasteiger partial charge is 0.491 e. The molecule has 0 bridgehead atoms. The highest BCUT2D eigenvalue weighted by atomic mass is 16.5. The van der Waals surface area contributed by atoms with E-state index in [2.05, 4.69) is 5.32 Å². The van der Waals surface area contributed by atoms with Crippen LogP contribution in [0.5, 0.6) is 5.75 Å². The number of β-amino-alcohol motifs (C(OH)–C–C–N with tert-alkyl or cyclic N) is 1. The topological polar surface area (TPSA) is 61.8 Å².